The van der Waals surface area contributed by atoms with Crippen molar-refractivity contribution in [3.05, 3.63) is 63.8 Å². The summed E-state index contributed by atoms with van der Waals surface area (Å²) >= 11 is 12.2. The van der Waals surface area contributed by atoms with Gasteiger partial charge >= 0.3 is 5.97 Å². The summed E-state index contributed by atoms with van der Waals surface area (Å²) in [4.78, 5) is 30.2. The van der Waals surface area contributed by atoms with Gasteiger partial charge in [-0.25, -0.2) is 4.79 Å². The Labute approximate surface area is 165 Å². The monoisotopic (exact) mass is 403 g/mol. The summed E-state index contributed by atoms with van der Waals surface area (Å²) in [6, 6.07) is 9.95. The predicted molar refractivity (Wildman–Crippen MR) is 107 cm³/mol. The van der Waals surface area contributed by atoms with Crippen molar-refractivity contribution in [3.8, 4) is 0 Å². The highest BCUT2D eigenvalue weighted by atomic mass is 35.5. The van der Waals surface area contributed by atoms with Crippen LogP contribution in [0.25, 0.3) is 10.9 Å². The van der Waals surface area contributed by atoms with Crippen molar-refractivity contribution in [2.24, 2.45) is 0 Å². The first-order valence-electron chi connectivity index (χ1n) is 7.89. The number of halogens is 2. The molecular weight excluding hydrogens is 389 g/mol. The molecule has 1 amide bonds. The van der Waals surface area contributed by atoms with Gasteiger partial charge in [-0.2, -0.15) is 0 Å². The SMILES string of the molecule is CN(C)c1c(C(=O)O)cnc2c(NC(=O)c3c(Cl)cccc3Cl)cccc12. The smallest absolute Gasteiger partial charge is 0.339 e. The third-order valence-corrected chi connectivity index (χ3v) is 4.61. The second-order valence-corrected chi connectivity index (χ2v) is 6.79. The average molecular weight is 404 g/mol. The van der Waals surface area contributed by atoms with Gasteiger partial charge in [0.2, 0.25) is 0 Å². The number of hydrogen-bond acceptors (Lipinski definition) is 4. The van der Waals surface area contributed by atoms with E-state index in [1.165, 1.54) is 6.20 Å². The number of carbonyl (C=O) groups is 2. The number of carboxylic acid groups (broad SMARTS) is 1. The van der Waals surface area contributed by atoms with Gasteiger partial charge in [0.05, 0.1) is 32.5 Å². The van der Waals surface area contributed by atoms with Gasteiger partial charge in [-0.05, 0) is 18.2 Å². The zero-order valence-electron chi connectivity index (χ0n) is 14.5. The van der Waals surface area contributed by atoms with E-state index in [4.69, 9.17) is 23.2 Å². The largest absolute Gasteiger partial charge is 0.478 e. The fourth-order valence-corrected chi connectivity index (χ4v) is 3.42. The molecule has 0 unspecified atom stereocenters. The number of para-hydroxylation sites is 1. The van der Waals surface area contributed by atoms with E-state index in [1.807, 2.05) is 0 Å². The number of aromatic carboxylic acids is 1. The van der Waals surface area contributed by atoms with Crippen LogP contribution in [0.1, 0.15) is 20.7 Å². The number of nitrogens with zero attached hydrogens (tertiary/aromatic N) is 2. The molecule has 0 aliphatic carbocycles. The summed E-state index contributed by atoms with van der Waals surface area (Å²) in [7, 11) is 3.49. The van der Waals surface area contributed by atoms with Gasteiger partial charge in [0.15, 0.2) is 0 Å². The van der Waals surface area contributed by atoms with Crippen LogP contribution in [0.5, 0.6) is 0 Å². The molecule has 0 aliphatic rings. The lowest BCUT2D eigenvalue weighted by Gasteiger charge is -2.19. The van der Waals surface area contributed by atoms with Crippen LogP contribution in [0.3, 0.4) is 0 Å². The minimum atomic E-state index is -1.08. The molecule has 138 valence electrons. The van der Waals surface area contributed by atoms with Crippen LogP contribution >= 0.6 is 23.2 Å². The fraction of sp³-hybridized carbons (Fsp3) is 0.105. The van der Waals surface area contributed by atoms with Crippen LogP contribution < -0.4 is 10.2 Å². The van der Waals surface area contributed by atoms with Crippen LogP contribution in [0.2, 0.25) is 10.0 Å². The molecule has 1 heterocycles. The molecule has 2 N–H and O–H groups in total. The maximum atomic E-state index is 12.7. The Hall–Kier alpha value is -2.83. The Morgan fingerprint density at radius 3 is 2.30 bits per heavy atom. The Morgan fingerprint density at radius 2 is 1.70 bits per heavy atom. The summed E-state index contributed by atoms with van der Waals surface area (Å²) in [5.74, 6) is -1.56. The van der Waals surface area contributed by atoms with E-state index in [0.717, 1.165) is 0 Å². The van der Waals surface area contributed by atoms with E-state index in [0.29, 0.717) is 22.3 Å². The van der Waals surface area contributed by atoms with Crippen LogP contribution in [-0.4, -0.2) is 36.1 Å². The Kier molecular flexibility index (Phi) is 5.21. The molecule has 0 saturated heterocycles. The van der Waals surface area contributed by atoms with Crippen molar-refractivity contribution in [3.63, 3.8) is 0 Å². The average Bonchev–Trinajstić information content (AvgIpc) is 2.60. The number of anilines is 2. The highest BCUT2D eigenvalue weighted by Crippen LogP contribution is 2.33. The number of nitrogens with one attached hydrogen (secondary N) is 1. The normalized spacial score (nSPS) is 10.7. The summed E-state index contributed by atoms with van der Waals surface area (Å²) < 4.78 is 0. The van der Waals surface area contributed by atoms with Crippen LogP contribution in [0, 0.1) is 0 Å². The molecule has 1 aromatic heterocycles. The van der Waals surface area contributed by atoms with Crippen LogP contribution in [0.15, 0.2) is 42.6 Å². The molecule has 0 fully saturated rings. The molecule has 3 aromatic rings. The number of pyridine rings is 1. The van der Waals surface area contributed by atoms with Crippen LogP contribution in [0.4, 0.5) is 11.4 Å². The second-order valence-electron chi connectivity index (χ2n) is 5.97. The van der Waals surface area contributed by atoms with Crippen molar-refractivity contribution in [2.75, 3.05) is 24.3 Å². The summed E-state index contributed by atoms with van der Waals surface area (Å²) in [6.07, 6.45) is 1.28. The summed E-state index contributed by atoms with van der Waals surface area (Å²) in [5.41, 5.74) is 1.62. The lowest BCUT2D eigenvalue weighted by atomic mass is 10.1. The van der Waals surface area contributed by atoms with Crippen LogP contribution in [-0.2, 0) is 0 Å². The number of amides is 1. The van der Waals surface area contributed by atoms with Gasteiger partial charge in [-0.3, -0.25) is 9.78 Å². The van der Waals surface area contributed by atoms with E-state index < -0.39 is 11.9 Å². The zero-order chi connectivity index (χ0) is 19.7. The minimum Gasteiger partial charge on any atom is -0.478 e. The first-order valence-corrected chi connectivity index (χ1v) is 8.64. The van der Waals surface area contributed by atoms with Gasteiger partial charge < -0.3 is 15.3 Å². The second kappa shape index (κ2) is 7.42. The highest BCUT2D eigenvalue weighted by Gasteiger charge is 2.20. The van der Waals surface area contributed by atoms with Gasteiger partial charge in [0.25, 0.3) is 5.91 Å². The molecule has 8 heteroatoms. The highest BCUT2D eigenvalue weighted by molar-refractivity contribution is 6.40. The third-order valence-electron chi connectivity index (χ3n) is 3.98. The van der Waals surface area contributed by atoms with Gasteiger partial charge in [-0.1, -0.05) is 41.4 Å². The van der Waals surface area contributed by atoms with E-state index in [-0.39, 0.29) is 21.2 Å². The maximum absolute atomic E-state index is 12.7. The molecule has 0 saturated carbocycles. The molecule has 2 aromatic carbocycles. The molecule has 3 rings (SSSR count). The van der Waals surface area contributed by atoms with Crippen molar-refractivity contribution < 1.29 is 14.7 Å². The minimum absolute atomic E-state index is 0.0742. The number of fused-ring (bicyclic) bond motifs is 1. The van der Waals surface area contributed by atoms with Gasteiger partial charge in [-0.15, -0.1) is 0 Å². The Bertz CT molecular complexity index is 1050. The number of benzene rings is 2. The summed E-state index contributed by atoms with van der Waals surface area (Å²) in [6.45, 7) is 0. The molecule has 0 radical (unpaired) electrons. The molecule has 0 spiro atoms. The van der Waals surface area contributed by atoms with Crippen molar-refractivity contribution in [1.82, 2.24) is 4.98 Å². The zero-order valence-corrected chi connectivity index (χ0v) is 16.0. The fourth-order valence-electron chi connectivity index (χ4n) is 2.85. The number of rotatable bonds is 4. The standard InChI is InChI=1S/C19H15Cl2N3O3/c1-24(2)17-10-5-3-8-14(16(10)22-9-11(17)19(26)27)23-18(25)15-12(20)6-4-7-13(15)21/h3-9H,1-2H3,(H,23,25)(H,26,27). The number of aromatic nitrogens is 1. The maximum Gasteiger partial charge on any atom is 0.339 e. The molecule has 0 atom stereocenters. The third kappa shape index (κ3) is 3.54. The van der Waals surface area contributed by atoms with Crippen molar-refractivity contribution in [1.29, 1.82) is 0 Å². The molecule has 0 aliphatic heterocycles. The van der Waals surface area contributed by atoms with E-state index >= 15 is 0 Å². The van der Waals surface area contributed by atoms with Gasteiger partial charge in [0.1, 0.15) is 5.56 Å². The topological polar surface area (TPSA) is 82.5 Å². The molecule has 0 bridgehead atoms. The number of carbonyl (C=O) groups excluding carboxylic acids is 1. The first-order chi connectivity index (χ1) is 12.8. The lowest BCUT2D eigenvalue weighted by Crippen LogP contribution is -2.16. The summed E-state index contributed by atoms with van der Waals surface area (Å²) in [5, 5.41) is 13.3. The first kappa shape index (κ1) is 18.9. The quantitative estimate of drug-likeness (QED) is 0.666. The number of hydrogen-bond donors (Lipinski definition) is 2. The van der Waals surface area contributed by atoms with Gasteiger partial charge in [0, 0.05) is 25.7 Å². The van der Waals surface area contributed by atoms with E-state index in [1.54, 1.807) is 55.4 Å². The Morgan fingerprint density at radius 1 is 1.07 bits per heavy atom. The lowest BCUT2D eigenvalue weighted by molar-refractivity contribution is 0.0697. The Balaban J connectivity index is 2.12. The molecule has 6 nitrogen and oxygen atoms in total. The van der Waals surface area contributed by atoms with Crippen molar-refractivity contribution >= 4 is 57.4 Å². The van der Waals surface area contributed by atoms with E-state index in [2.05, 4.69) is 10.3 Å². The number of carboxylic acids is 1. The van der Waals surface area contributed by atoms with Crippen molar-refractivity contribution in [2.45, 2.75) is 0 Å². The molecular formula is C19H15Cl2N3O3. The van der Waals surface area contributed by atoms with E-state index in [9.17, 15) is 14.7 Å². The predicted octanol–water partition coefficient (Wildman–Crippen LogP) is 4.56. The molecule has 27 heavy (non-hydrogen) atoms.